The topological polar surface area (TPSA) is 62.2 Å². The van der Waals surface area contributed by atoms with Gasteiger partial charge in [0.2, 0.25) is 5.91 Å². The first-order valence-electron chi connectivity index (χ1n) is 13.4. The lowest BCUT2D eigenvalue weighted by molar-refractivity contribution is -0.129. The number of carbonyl (C=O) groups excluding carboxylic acids is 1. The number of hydrogen-bond acceptors (Lipinski definition) is 5. The van der Waals surface area contributed by atoms with Gasteiger partial charge in [0.25, 0.3) is 0 Å². The van der Waals surface area contributed by atoms with Gasteiger partial charge in [0.05, 0.1) is 13.2 Å². The summed E-state index contributed by atoms with van der Waals surface area (Å²) in [4.78, 5) is 16.6. The number of ether oxygens (including phenoxy) is 2. The minimum absolute atomic E-state index is 0.0637. The number of halogens is 1. The number of aliphatic hydroxyl groups is 1. The number of morpholine rings is 1. The van der Waals surface area contributed by atoms with E-state index < -0.39 is 6.10 Å². The van der Waals surface area contributed by atoms with Gasteiger partial charge in [-0.05, 0) is 72.5 Å². The van der Waals surface area contributed by atoms with Crippen molar-refractivity contribution in [1.82, 2.24) is 9.80 Å². The zero-order valence-electron chi connectivity index (χ0n) is 21.6. The molecule has 2 heterocycles. The zero-order valence-corrected chi connectivity index (χ0v) is 22.4. The number of hydrogen-bond donors (Lipinski definition) is 1. The van der Waals surface area contributed by atoms with Crippen LogP contribution in [0.4, 0.5) is 0 Å². The summed E-state index contributed by atoms with van der Waals surface area (Å²) in [6.07, 6.45) is 4.80. The Morgan fingerprint density at radius 1 is 1.05 bits per heavy atom. The highest BCUT2D eigenvalue weighted by Crippen LogP contribution is 2.33. The molecule has 200 valence electrons. The van der Waals surface area contributed by atoms with E-state index in [-0.39, 0.29) is 12.5 Å². The average Bonchev–Trinajstić information content (AvgIpc) is 2.96. The van der Waals surface area contributed by atoms with Gasteiger partial charge < -0.3 is 24.4 Å². The smallest absolute Gasteiger partial charge is 0.246 e. The van der Waals surface area contributed by atoms with Crippen molar-refractivity contribution in [2.45, 2.75) is 24.9 Å². The minimum atomic E-state index is -0.619. The SMILES string of the molecule is O=C(C=Cc1cc(Cl)ccc1OCC(O)CN1CCC(c2cccc3ccccc23)CC1)N1CCOCC1. The van der Waals surface area contributed by atoms with Crippen molar-refractivity contribution >= 4 is 34.4 Å². The summed E-state index contributed by atoms with van der Waals surface area (Å²) in [5, 5.41) is 13.9. The zero-order chi connectivity index (χ0) is 26.3. The number of fused-ring (bicyclic) bond motifs is 1. The van der Waals surface area contributed by atoms with Crippen LogP contribution < -0.4 is 4.74 Å². The predicted octanol–water partition coefficient (Wildman–Crippen LogP) is 4.98. The van der Waals surface area contributed by atoms with Crippen LogP contribution in [0.15, 0.2) is 66.7 Å². The molecule has 7 heteroatoms. The fraction of sp³-hybridized carbons (Fsp3) is 0.387. The molecule has 0 aromatic heterocycles. The molecule has 0 saturated carbocycles. The van der Waals surface area contributed by atoms with E-state index >= 15 is 0 Å². The van der Waals surface area contributed by atoms with Crippen molar-refractivity contribution in [3.05, 3.63) is 82.9 Å². The molecule has 6 nitrogen and oxygen atoms in total. The number of amides is 1. The van der Waals surface area contributed by atoms with Crippen molar-refractivity contribution in [2.24, 2.45) is 0 Å². The van der Waals surface area contributed by atoms with Crippen LogP contribution in [0.5, 0.6) is 5.75 Å². The van der Waals surface area contributed by atoms with E-state index in [2.05, 4.69) is 47.4 Å². The first kappa shape index (κ1) is 26.7. The second-order valence-electron chi connectivity index (χ2n) is 10.1. The van der Waals surface area contributed by atoms with Gasteiger partial charge in [0, 0.05) is 36.3 Å². The third-order valence-electron chi connectivity index (χ3n) is 7.45. The summed E-state index contributed by atoms with van der Waals surface area (Å²) in [5.74, 6) is 1.06. The Bertz CT molecular complexity index is 1260. The third kappa shape index (κ3) is 6.75. The maximum Gasteiger partial charge on any atom is 0.246 e. The normalized spacial score (nSPS) is 18.2. The largest absolute Gasteiger partial charge is 0.490 e. The molecule has 0 bridgehead atoms. The molecular weight excluding hydrogens is 500 g/mol. The lowest BCUT2D eigenvalue weighted by Gasteiger charge is -2.33. The second-order valence-corrected chi connectivity index (χ2v) is 10.5. The van der Waals surface area contributed by atoms with Crippen LogP contribution in [-0.2, 0) is 9.53 Å². The summed E-state index contributed by atoms with van der Waals surface area (Å²) in [5.41, 5.74) is 2.14. The molecule has 0 aliphatic carbocycles. The Kier molecular flexibility index (Phi) is 8.97. The highest BCUT2D eigenvalue weighted by atomic mass is 35.5. The van der Waals surface area contributed by atoms with E-state index in [0.29, 0.717) is 55.1 Å². The summed E-state index contributed by atoms with van der Waals surface area (Å²) in [6, 6.07) is 20.5. The van der Waals surface area contributed by atoms with E-state index in [4.69, 9.17) is 21.1 Å². The number of β-amino-alcohol motifs (C(OH)–C–C–N with tert-alkyl or cyclic N) is 1. The Balaban J connectivity index is 1.13. The molecule has 2 aliphatic rings. The van der Waals surface area contributed by atoms with Gasteiger partial charge in [-0.25, -0.2) is 0 Å². The number of piperidine rings is 1. The molecule has 38 heavy (non-hydrogen) atoms. The molecule has 1 amide bonds. The Hall–Kier alpha value is -2.90. The number of carbonyl (C=O) groups is 1. The van der Waals surface area contributed by atoms with Gasteiger partial charge in [-0.3, -0.25) is 4.79 Å². The Morgan fingerprint density at radius 3 is 2.63 bits per heavy atom. The molecule has 3 aromatic carbocycles. The highest BCUT2D eigenvalue weighted by Gasteiger charge is 2.23. The summed E-state index contributed by atoms with van der Waals surface area (Å²) in [7, 11) is 0. The molecule has 0 spiro atoms. The first-order chi connectivity index (χ1) is 18.6. The van der Waals surface area contributed by atoms with E-state index in [1.165, 1.54) is 16.3 Å². The molecule has 1 atom stereocenters. The lowest BCUT2D eigenvalue weighted by Crippen LogP contribution is -2.40. The summed E-state index contributed by atoms with van der Waals surface area (Å²) >= 11 is 6.20. The number of nitrogens with zero attached hydrogens (tertiary/aromatic N) is 2. The predicted molar refractivity (Wildman–Crippen MR) is 152 cm³/mol. The average molecular weight is 535 g/mol. The van der Waals surface area contributed by atoms with Crippen LogP contribution in [0.1, 0.15) is 29.9 Å². The van der Waals surface area contributed by atoms with E-state index in [1.54, 1.807) is 35.3 Å². The first-order valence-corrected chi connectivity index (χ1v) is 13.8. The van der Waals surface area contributed by atoms with Crippen LogP contribution in [0.3, 0.4) is 0 Å². The summed E-state index contributed by atoms with van der Waals surface area (Å²) in [6.45, 7) is 4.93. The van der Waals surface area contributed by atoms with Crippen LogP contribution in [0.25, 0.3) is 16.8 Å². The van der Waals surface area contributed by atoms with Crippen molar-refractivity contribution in [1.29, 1.82) is 0 Å². The van der Waals surface area contributed by atoms with Gasteiger partial charge in [-0.1, -0.05) is 54.1 Å². The van der Waals surface area contributed by atoms with Gasteiger partial charge in [0.1, 0.15) is 18.5 Å². The van der Waals surface area contributed by atoms with Gasteiger partial charge in [0.15, 0.2) is 0 Å². The standard InChI is InChI=1S/C31H35ClN2O4/c32-26-9-10-30(25(20-26)8-11-31(36)34-16-18-37-19-17-34)38-22-27(35)21-33-14-12-24(13-15-33)29-7-3-5-23-4-1-2-6-28(23)29/h1-11,20,24,27,35H,12-19,21-22H2. The quantitative estimate of drug-likeness (QED) is 0.413. The molecule has 1 unspecified atom stereocenters. The molecule has 5 rings (SSSR count). The molecule has 1 N–H and O–H groups in total. The van der Waals surface area contributed by atoms with E-state index in [0.717, 1.165) is 25.9 Å². The molecule has 2 saturated heterocycles. The summed E-state index contributed by atoms with van der Waals surface area (Å²) < 4.78 is 11.3. The molecule has 2 aliphatic heterocycles. The van der Waals surface area contributed by atoms with Crippen molar-refractivity contribution in [3.63, 3.8) is 0 Å². The fourth-order valence-electron chi connectivity index (χ4n) is 5.40. The minimum Gasteiger partial charge on any atom is -0.490 e. The molecule has 0 radical (unpaired) electrons. The van der Waals surface area contributed by atoms with Crippen LogP contribution in [-0.4, -0.2) is 79.5 Å². The lowest BCUT2D eigenvalue weighted by atomic mass is 9.86. The van der Waals surface area contributed by atoms with Crippen molar-refractivity contribution in [2.75, 3.05) is 52.5 Å². The fourth-order valence-corrected chi connectivity index (χ4v) is 5.58. The molecule has 2 fully saturated rings. The van der Waals surface area contributed by atoms with Gasteiger partial charge in [-0.2, -0.15) is 0 Å². The van der Waals surface area contributed by atoms with Crippen LogP contribution >= 0.6 is 11.6 Å². The van der Waals surface area contributed by atoms with E-state index in [1.807, 2.05) is 0 Å². The van der Waals surface area contributed by atoms with Gasteiger partial charge >= 0.3 is 0 Å². The Labute approximate surface area is 229 Å². The number of rotatable bonds is 8. The van der Waals surface area contributed by atoms with Crippen LogP contribution in [0.2, 0.25) is 5.02 Å². The number of likely N-dealkylation sites (tertiary alicyclic amines) is 1. The van der Waals surface area contributed by atoms with Crippen LogP contribution in [0, 0.1) is 0 Å². The highest BCUT2D eigenvalue weighted by molar-refractivity contribution is 6.30. The monoisotopic (exact) mass is 534 g/mol. The molecular formula is C31H35ClN2O4. The molecule has 3 aromatic rings. The Morgan fingerprint density at radius 2 is 1.82 bits per heavy atom. The van der Waals surface area contributed by atoms with E-state index in [9.17, 15) is 9.90 Å². The third-order valence-corrected chi connectivity index (χ3v) is 7.69. The van der Waals surface area contributed by atoms with Gasteiger partial charge in [-0.15, -0.1) is 0 Å². The van der Waals surface area contributed by atoms with Crippen molar-refractivity contribution < 1.29 is 19.4 Å². The maximum absolute atomic E-state index is 12.5. The van der Waals surface area contributed by atoms with Crippen molar-refractivity contribution in [3.8, 4) is 5.75 Å². The number of benzene rings is 3. The maximum atomic E-state index is 12.5. The second kappa shape index (κ2) is 12.8. The number of aliphatic hydroxyl groups excluding tert-OH is 1.